The molecule has 0 unspecified atom stereocenters. The van der Waals surface area contributed by atoms with E-state index in [-0.39, 0.29) is 12.1 Å². The summed E-state index contributed by atoms with van der Waals surface area (Å²) in [5.74, 6) is -2.39. The SMILES string of the molecule is CSCc1cn(Cc2c(F)ccc(F)c2F)nn1. The standard InChI is InChI=1S/C11H10F3N3S/c1-18-6-7-4-17(16-15-7)5-8-9(12)2-3-10(13)11(8)14/h2-4H,5-6H2,1H3. The highest BCUT2D eigenvalue weighted by Crippen LogP contribution is 2.17. The molecule has 0 aliphatic heterocycles. The zero-order valence-corrected chi connectivity index (χ0v) is 10.3. The molecule has 2 aromatic rings. The topological polar surface area (TPSA) is 30.7 Å². The Morgan fingerprint density at radius 2 is 1.94 bits per heavy atom. The third-order valence-corrected chi connectivity index (χ3v) is 2.92. The number of hydrogen-bond acceptors (Lipinski definition) is 3. The van der Waals surface area contributed by atoms with Crippen LogP contribution >= 0.6 is 11.8 Å². The van der Waals surface area contributed by atoms with Crippen molar-refractivity contribution in [2.75, 3.05) is 6.26 Å². The highest BCUT2D eigenvalue weighted by atomic mass is 32.2. The van der Waals surface area contributed by atoms with Gasteiger partial charge in [0, 0.05) is 17.5 Å². The van der Waals surface area contributed by atoms with Crippen molar-refractivity contribution in [3.05, 3.63) is 47.0 Å². The molecule has 1 heterocycles. The summed E-state index contributed by atoms with van der Waals surface area (Å²) >= 11 is 1.56. The monoisotopic (exact) mass is 273 g/mol. The maximum Gasteiger partial charge on any atom is 0.166 e. The highest BCUT2D eigenvalue weighted by molar-refractivity contribution is 7.97. The van der Waals surface area contributed by atoms with Crippen LogP contribution in [-0.2, 0) is 12.3 Å². The van der Waals surface area contributed by atoms with Gasteiger partial charge in [0.1, 0.15) is 5.82 Å². The third kappa shape index (κ3) is 2.66. The van der Waals surface area contributed by atoms with E-state index >= 15 is 0 Å². The molecule has 0 saturated carbocycles. The summed E-state index contributed by atoms with van der Waals surface area (Å²) < 4.78 is 41.1. The summed E-state index contributed by atoms with van der Waals surface area (Å²) in [5, 5.41) is 7.58. The van der Waals surface area contributed by atoms with E-state index in [9.17, 15) is 13.2 Å². The van der Waals surface area contributed by atoms with E-state index in [1.54, 1.807) is 18.0 Å². The molecule has 0 saturated heterocycles. The number of halogens is 3. The summed E-state index contributed by atoms with van der Waals surface area (Å²) in [7, 11) is 0. The Hall–Kier alpha value is -1.50. The average molecular weight is 273 g/mol. The molecule has 7 heteroatoms. The van der Waals surface area contributed by atoms with Gasteiger partial charge in [0.2, 0.25) is 0 Å². The summed E-state index contributed by atoms with van der Waals surface area (Å²) in [5.41, 5.74) is 0.357. The minimum absolute atomic E-state index is 0.184. The van der Waals surface area contributed by atoms with Gasteiger partial charge in [-0.25, -0.2) is 17.9 Å². The minimum atomic E-state index is -1.18. The fourth-order valence-electron chi connectivity index (χ4n) is 1.51. The smallest absolute Gasteiger partial charge is 0.166 e. The van der Waals surface area contributed by atoms with Crippen molar-refractivity contribution < 1.29 is 13.2 Å². The summed E-state index contributed by atoms with van der Waals surface area (Å²) in [6.07, 6.45) is 3.49. The lowest BCUT2D eigenvalue weighted by Crippen LogP contribution is -2.07. The first-order valence-electron chi connectivity index (χ1n) is 5.12. The molecule has 0 aliphatic rings. The summed E-state index contributed by atoms with van der Waals surface area (Å²) in [6.45, 7) is -0.184. The minimum Gasteiger partial charge on any atom is -0.248 e. The fraction of sp³-hybridized carbons (Fsp3) is 0.273. The van der Waals surface area contributed by atoms with Crippen LogP contribution < -0.4 is 0 Å². The van der Waals surface area contributed by atoms with Gasteiger partial charge >= 0.3 is 0 Å². The molecule has 0 spiro atoms. The first kappa shape index (κ1) is 12.9. The van der Waals surface area contributed by atoms with Crippen LogP contribution in [0, 0.1) is 17.5 Å². The molecule has 0 atom stereocenters. The number of hydrogen-bond donors (Lipinski definition) is 0. The zero-order valence-electron chi connectivity index (χ0n) is 9.53. The second kappa shape index (κ2) is 5.43. The van der Waals surface area contributed by atoms with Gasteiger partial charge in [-0.3, -0.25) is 0 Å². The molecule has 18 heavy (non-hydrogen) atoms. The van der Waals surface area contributed by atoms with E-state index in [1.807, 2.05) is 6.26 Å². The average Bonchev–Trinajstić information content (AvgIpc) is 2.78. The molecule has 3 nitrogen and oxygen atoms in total. The first-order chi connectivity index (χ1) is 8.61. The molecule has 96 valence electrons. The summed E-state index contributed by atoms with van der Waals surface area (Å²) in [6, 6.07) is 1.65. The third-order valence-electron chi connectivity index (χ3n) is 2.34. The molecule has 2 rings (SSSR count). The van der Waals surface area contributed by atoms with Gasteiger partial charge in [0.25, 0.3) is 0 Å². The van der Waals surface area contributed by atoms with Gasteiger partial charge in [-0.15, -0.1) is 5.10 Å². The molecule has 1 aromatic carbocycles. The molecule has 0 amide bonds. The van der Waals surface area contributed by atoms with Crippen LogP contribution in [0.5, 0.6) is 0 Å². The number of nitrogens with zero attached hydrogens (tertiary/aromatic N) is 3. The second-order valence-corrected chi connectivity index (χ2v) is 4.53. The lowest BCUT2D eigenvalue weighted by Gasteiger charge is -2.05. The predicted octanol–water partition coefficient (Wildman–Crippen LogP) is 2.61. The Bertz CT molecular complexity index is 556. The quantitative estimate of drug-likeness (QED) is 0.802. The van der Waals surface area contributed by atoms with Gasteiger partial charge in [0.05, 0.1) is 12.2 Å². The maximum atomic E-state index is 13.4. The van der Waals surface area contributed by atoms with Crippen LogP contribution in [0.1, 0.15) is 11.3 Å². The number of benzene rings is 1. The Morgan fingerprint density at radius 3 is 2.67 bits per heavy atom. The van der Waals surface area contributed by atoms with E-state index in [0.29, 0.717) is 11.4 Å². The van der Waals surface area contributed by atoms with Crippen molar-refractivity contribution >= 4 is 11.8 Å². The van der Waals surface area contributed by atoms with E-state index < -0.39 is 17.5 Å². The molecule has 0 N–H and O–H groups in total. The molecule has 0 fully saturated rings. The van der Waals surface area contributed by atoms with Crippen LogP contribution in [0.2, 0.25) is 0 Å². The predicted molar refractivity (Wildman–Crippen MR) is 62.7 cm³/mol. The van der Waals surface area contributed by atoms with Crippen molar-refractivity contribution in [2.45, 2.75) is 12.3 Å². The molecular formula is C11H10F3N3S. The van der Waals surface area contributed by atoms with Crippen LogP contribution in [0.4, 0.5) is 13.2 Å². The van der Waals surface area contributed by atoms with Crippen molar-refractivity contribution in [2.24, 2.45) is 0 Å². The van der Waals surface area contributed by atoms with Gasteiger partial charge in [-0.2, -0.15) is 11.8 Å². The van der Waals surface area contributed by atoms with Crippen LogP contribution in [-0.4, -0.2) is 21.2 Å². The number of rotatable bonds is 4. The van der Waals surface area contributed by atoms with Crippen molar-refractivity contribution in [1.82, 2.24) is 15.0 Å². The first-order valence-corrected chi connectivity index (χ1v) is 6.51. The largest absolute Gasteiger partial charge is 0.248 e. The molecular weight excluding hydrogens is 263 g/mol. The van der Waals surface area contributed by atoms with E-state index in [0.717, 1.165) is 12.1 Å². The van der Waals surface area contributed by atoms with Crippen molar-refractivity contribution in [3.8, 4) is 0 Å². The second-order valence-electron chi connectivity index (χ2n) is 3.66. The fourth-order valence-corrected chi connectivity index (χ4v) is 1.93. The summed E-state index contributed by atoms with van der Waals surface area (Å²) in [4.78, 5) is 0. The molecule has 0 bridgehead atoms. The van der Waals surface area contributed by atoms with Gasteiger partial charge in [0.15, 0.2) is 11.6 Å². The zero-order chi connectivity index (χ0) is 13.1. The van der Waals surface area contributed by atoms with Crippen LogP contribution in [0.3, 0.4) is 0 Å². The van der Waals surface area contributed by atoms with E-state index in [4.69, 9.17) is 0 Å². The molecule has 0 radical (unpaired) electrons. The molecule has 0 aliphatic carbocycles. The van der Waals surface area contributed by atoms with Crippen LogP contribution in [0.25, 0.3) is 0 Å². The normalized spacial score (nSPS) is 10.9. The van der Waals surface area contributed by atoms with E-state index in [1.165, 1.54) is 4.68 Å². The highest BCUT2D eigenvalue weighted by Gasteiger charge is 2.14. The van der Waals surface area contributed by atoms with E-state index in [2.05, 4.69) is 10.3 Å². The van der Waals surface area contributed by atoms with Crippen molar-refractivity contribution in [3.63, 3.8) is 0 Å². The number of aromatic nitrogens is 3. The maximum absolute atomic E-state index is 13.4. The number of thioether (sulfide) groups is 1. The van der Waals surface area contributed by atoms with Crippen LogP contribution in [0.15, 0.2) is 18.3 Å². The lowest BCUT2D eigenvalue weighted by atomic mass is 10.2. The van der Waals surface area contributed by atoms with Gasteiger partial charge in [-0.1, -0.05) is 5.21 Å². The Balaban J connectivity index is 2.25. The van der Waals surface area contributed by atoms with Gasteiger partial charge in [-0.05, 0) is 18.4 Å². The molecule has 1 aromatic heterocycles. The Labute approximate surface area is 106 Å². The lowest BCUT2D eigenvalue weighted by molar-refractivity contribution is 0.468. The Kier molecular flexibility index (Phi) is 3.90. The Morgan fingerprint density at radius 1 is 1.22 bits per heavy atom. The van der Waals surface area contributed by atoms with Gasteiger partial charge < -0.3 is 0 Å². The van der Waals surface area contributed by atoms with Crippen molar-refractivity contribution in [1.29, 1.82) is 0 Å².